The fourth-order valence-corrected chi connectivity index (χ4v) is 2.59. The van der Waals surface area contributed by atoms with Gasteiger partial charge < -0.3 is 10.6 Å². The predicted molar refractivity (Wildman–Crippen MR) is 76.0 cm³/mol. The minimum Gasteiger partial charge on any atom is -0.367 e. The zero-order chi connectivity index (χ0) is 13.0. The van der Waals surface area contributed by atoms with Gasteiger partial charge in [-0.15, -0.1) is 0 Å². The Kier molecular flexibility index (Phi) is 4.39. The van der Waals surface area contributed by atoms with Crippen LogP contribution < -0.4 is 10.6 Å². The second kappa shape index (κ2) is 6.03. The maximum absolute atomic E-state index is 4.55. The summed E-state index contributed by atoms with van der Waals surface area (Å²) in [5.41, 5.74) is 1.12. The van der Waals surface area contributed by atoms with E-state index in [1.165, 1.54) is 25.7 Å². The minimum atomic E-state index is 0.567. The van der Waals surface area contributed by atoms with Crippen molar-refractivity contribution in [2.75, 3.05) is 17.2 Å². The van der Waals surface area contributed by atoms with E-state index < -0.39 is 0 Å². The first-order chi connectivity index (χ1) is 8.69. The van der Waals surface area contributed by atoms with Crippen LogP contribution in [0.15, 0.2) is 6.20 Å². The highest BCUT2D eigenvalue weighted by Gasteiger charge is 2.19. The number of aromatic nitrogens is 2. The van der Waals surface area contributed by atoms with Gasteiger partial charge in [-0.05, 0) is 32.6 Å². The molecule has 0 radical (unpaired) electrons. The summed E-state index contributed by atoms with van der Waals surface area (Å²) in [6.45, 7) is 7.30. The third-order valence-electron chi connectivity index (χ3n) is 3.58. The van der Waals surface area contributed by atoms with Crippen LogP contribution in [0.1, 0.15) is 45.1 Å². The van der Waals surface area contributed by atoms with E-state index in [0.29, 0.717) is 6.04 Å². The lowest BCUT2D eigenvalue weighted by molar-refractivity contribution is 0.358. The number of nitrogens with one attached hydrogen (secondary N) is 2. The highest BCUT2D eigenvalue weighted by Crippen LogP contribution is 2.26. The van der Waals surface area contributed by atoms with Crippen molar-refractivity contribution < 1.29 is 0 Å². The molecule has 1 heterocycles. The zero-order valence-electron chi connectivity index (χ0n) is 11.7. The van der Waals surface area contributed by atoms with Gasteiger partial charge in [-0.25, -0.2) is 4.98 Å². The van der Waals surface area contributed by atoms with Crippen molar-refractivity contribution in [1.29, 1.82) is 0 Å². The standard InChI is InChI=1S/C14H24N4/c1-4-15-14-16-9-11(3)13(18-14)17-12-7-5-6-10(2)8-12/h9-10,12H,4-8H2,1-3H3,(H2,15,16,17,18). The summed E-state index contributed by atoms with van der Waals surface area (Å²) in [6.07, 6.45) is 7.08. The van der Waals surface area contributed by atoms with Crippen molar-refractivity contribution in [2.45, 2.75) is 52.5 Å². The number of rotatable bonds is 4. The fraction of sp³-hybridized carbons (Fsp3) is 0.714. The Balaban J connectivity index is 2.05. The predicted octanol–water partition coefficient (Wildman–Crippen LogP) is 3.21. The average molecular weight is 248 g/mol. The maximum atomic E-state index is 4.55. The van der Waals surface area contributed by atoms with Crippen LogP contribution in [0.3, 0.4) is 0 Å². The van der Waals surface area contributed by atoms with E-state index in [4.69, 9.17) is 0 Å². The lowest BCUT2D eigenvalue weighted by Gasteiger charge is -2.28. The molecule has 2 N–H and O–H groups in total. The molecule has 0 aliphatic heterocycles. The highest BCUT2D eigenvalue weighted by molar-refractivity contribution is 5.47. The molecule has 2 atom stereocenters. The number of hydrogen-bond donors (Lipinski definition) is 2. The van der Waals surface area contributed by atoms with Crippen LogP contribution in [-0.2, 0) is 0 Å². The van der Waals surface area contributed by atoms with Crippen molar-refractivity contribution in [1.82, 2.24) is 9.97 Å². The molecule has 1 aromatic heterocycles. The van der Waals surface area contributed by atoms with Gasteiger partial charge in [0, 0.05) is 24.3 Å². The molecule has 100 valence electrons. The summed E-state index contributed by atoms with van der Waals surface area (Å²) < 4.78 is 0. The molecule has 1 fully saturated rings. The van der Waals surface area contributed by atoms with Crippen molar-refractivity contribution >= 4 is 11.8 Å². The maximum Gasteiger partial charge on any atom is 0.224 e. The number of aryl methyl sites for hydroxylation is 1. The van der Waals surface area contributed by atoms with E-state index in [0.717, 1.165) is 29.8 Å². The molecule has 4 heteroatoms. The summed E-state index contributed by atoms with van der Waals surface area (Å²) in [6, 6.07) is 0.567. The largest absolute Gasteiger partial charge is 0.367 e. The van der Waals surface area contributed by atoms with Gasteiger partial charge in [-0.1, -0.05) is 19.8 Å². The summed E-state index contributed by atoms with van der Waals surface area (Å²) in [7, 11) is 0. The summed E-state index contributed by atoms with van der Waals surface area (Å²) in [5, 5.41) is 6.75. The Hall–Kier alpha value is -1.32. The summed E-state index contributed by atoms with van der Waals surface area (Å²) in [5.74, 6) is 2.53. The molecule has 0 spiro atoms. The lowest BCUT2D eigenvalue weighted by atomic mass is 9.87. The van der Waals surface area contributed by atoms with Crippen LogP contribution in [0.2, 0.25) is 0 Å². The number of nitrogens with zero attached hydrogens (tertiary/aromatic N) is 2. The monoisotopic (exact) mass is 248 g/mol. The third-order valence-corrected chi connectivity index (χ3v) is 3.58. The van der Waals surface area contributed by atoms with E-state index in [1.807, 2.05) is 6.20 Å². The Morgan fingerprint density at radius 1 is 1.39 bits per heavy atom. The zero-order valence-corrected chi connectivity index (χ0v) is 11.7. The van der Waals surface area contributed by atoms with E-state index in [9.17, 15) is 0 Å². The van der Waals surface area contributed by atoms with E-state index in [2.05, 4.69) is 41.4 Å². The number of hydrogen-bond acceptors (Lipinski definition) is 4. The molecule has 2 rings (SSSR count). The number of anilines is 2. The Morgan fingerprint density at radius 2 is 2.22 bits per heavy atom. The SMILES string of the molecule is CCNc1ncc(C)c(NC2CCCC(C)C2)n1. The van der Waals surface area contributed by atoms with Crippen LogP contribution in [0.5, 0.6) is 0 Å². The molecule has 0 amide bonds. The topological polar surface area (TPSA) is 49.8 Å². The first-order valence-electron chi connectivity index (χ1n) is 7.03. The highest BCUT2D eigenvalue weighted by atomic mass is 15.1. The smallest absolute Gasteiger partial charge is 0.224 e. The van der Waals surface area contributed by atoms with Crippen LogP contribution >= 0.6 is 0 Å². The molecule has 1 aliphatic rings. The first-order valence-corrected chi connectivity index (χ1v) is 7.03. The Labute approximate surface area is 110 Å². The molecule has 1 aliphatic carbocycles. The molecule has 0 bridgehead atoms. The van der Waals surface area contributed by atoms with E-state index in [1.54, 1.807) is 0 Å². The molecule has 4 nitrogen and oxygen atoms in total. The molecular weight excluding hydrogens is 224 g/mol. The quantitative estimate of drug-likeness (QED) is 0.859. The van der Waals surface area contributed by atoms with Crippen molar-refractivity contribution in [2.24, 2.45) is 5.92 Å². The van der Waals surface area contributed by atoms with Crippen molar-refractivity contribution in [3.05, 3.63) is 11.8 Å². The molecule has 0 saturated heterocycles. The minimum absolute atomic E-state index is 0.567. The lowest BCUT2D eigenvalue weighted by Crippen LogP contribution is -2.27. The van der Waals surface area contributed by atoms with Crippen LogP contribution in [0, 0.1) is 12.8 Å². The molecular formula is C14H24N4. The normalized spacial score (nSPS) is 23.7. The van der Waals surface area contributed by atoms with E-state index >= 15 is 0 Å². The fourth-order valence-electron chi connectivity index (χ4n) is 2.59. The summed E-state index contributed by atoms with van der Waals surface area (Å²) in [4.78, 5) is 8.82. The second-order valence-corrected chi connectivity index (χ2v) is 5.37. The van der Waals surface area contributed by atoms with Gasteiger partial charge >= 0.3 is 0 Å². The van der Waals surface area contributed by atoms with Crippen LogP contribution in [0.4, 0.5) is 11.8 Å². The first kappa shape index (κ1) is 13.1. The molecule has 18 heavy (non-hydrogen) atoms. The van der Waals surface area contributed by atoms with Gasteiger partial charge in [-0.2, -0.15) is 4.98 Å². The van der Waals surface area contributed by atoms with E-state index in [-0.39, 0.29) is 0 Å². The summed E-state index contributed by atoms with van der Waals surface area (Å²) >= 11 is 0. The van der Waals surface area contributed by atoms with Crippen LogP contribution in [0.25, 0.3) is 0 Å². The Morgan fingerprint density at radius 3 is 2.94 bits per heavy atom. The molecule has 0 aromatic carbocycles. The van der Waals surface area contributed by atoms with Gasteiger partial charge in [0.1, 0.15) is 5.82 Å². The third kappa shape index (κ3) is 3.34. The average Bonchev–Trinajstić information content (AvgIpc) is 2.34. The van der Waals surface area contributed by atoms with Gasteiger partial charge in [0.05, 0.1) is 0 Å². The van der Waals surface area contributed by atoms with Gasteiger partial charge in [0.15, 0.2) is 0 Å². The second-order valence-electron chi connectivity index (χ2n) is 5.37. The molecule has 2 unspecified atom stereocenters. The van der Waals surface area contributed by atoms with Crippen molar-refractivity contribution in [3.8, 4) is 0 Å². The van der Waals surface area contributed by atoms with Crippen LogP contribution in [-0.4, -0.2) is 22.6 Å². The van der Waals surface area contributed by atoms with Gasteiger partial charge in [0.25, 0.3) is 0 Å². The van der Waals surface area contributed by atoms with Crippen molar-refractivity contribution in [3.63, 3.8) is 0 Å². The Bertz CT molecular complexity index is 391. The molecule has 1 saturated carbocycles. The van der Waals surface area contributed by atoms with Gasteiger partial charge in [-0.3, -0.25) is 0 Å². The van der Waals surface area contributed by atoms with Gasteiger partial charge in [0.2, 0.25) is 5.95 Å². The molecule has 1 aromatic rings.